The quantitative estimate of drug-likeness (QED) is 0.470. The van der Waals surface area contributed by atoms with E-state index in [1.807, 2.05) is 24.3 Å². The number of halogens is 4. The Morgan fingerprint density at radius 3 is 2.56 bits per heavy atom. The molecule has 9 nitrogen and oxygen atoms in total. The summed E-state index contributed by atoms with van der Waals surface area (Å²) < 4.78 is 47.9. The Labute approximate surface area is 238 Å². The van der Waals surface area contributed by atoms with Crippen LogP contribution in [0.1, 0.15) is 37.8 Å². The van der Waals surface area contributed by atoms with Crippen LogP contribution in [0.4, 0.5) is 13.2 Å². The number of likely N-dealkylation sites (tertiary alicyclic amines) is 1. The first-order valence-corrected chi connectivity index (χ1v) is 14.0. The zero-order chi connectivity index (χ0) is 29.2. The number of aliphatic hydroxyl groups is 1. The summed E-state index contributed by atoms with van der Waals surface area (Å²) in [7, 11) is 0. The van der Waals surface area contributed by atoms with Crippen LogP contribution in [0.3, 0.4) is 0 Å². The first kappa shape index (κ1) is 28.2. The molecule has 1 amide bonds. The molecule has 1 aromatic carbocycles. The normalized spacial score (nSPS) is 26.3. The van der Waals surface area contributed by atoms with Gasteiger partial charge in [0.25, 0.3) is 5.56 Å². The molecule has 2 saturated heterocycles. The first-order chi connectivity index (χ1) is 19.4. The monoisotopic (exact) mass is 593 g/mol. The second kappa shape index (κ2) is 10.1. The Bertz CT molecular complexity index is 1520. The number of ether oxygens (including phenoxy) is 1. The second-order valence-electron chi connectivity index (χ2n) is 11.6. The summed E-state index contributed by atoms with van der Waals surface area (Å²) in [5, 5.41) is 15.3. The van der Waals surface area contributed by atoms with E-state index in [0.717, 1.165) is 17.8 Å². The molecule has 2 unspecified atom stereocenters. The third kappa shape index (κ3) is 5.15. The van der Waals surface area contributed by atoms with E-state index >= 15 is 0 Å². The molecule has 41 heavy (non-hydrogen) atoms. The zero-order valence-corrected chi connectivity index (χ0v) is 23.2. The van der Waals surface area contributed by atoms with Gasteiger partial charge in [-0.1, -0.05) is 30.7 Å². The lowest BCUT2D eigenvalue weighted by molar-refractivity contribution is -0.165. The van der Waals surface area contributed by atoms with E-state index in [2.05, 4.69) is 10.3 Å². The summed E-state index contributed by atoms with van der Waals surface area (Å²) >= 11 is 6.55. The lowest BCUT2D eigenvalue weighted by atomic mass is 9.90. The number of nitrogens with zero attached hydrogens (tertiary/aromatic N) is 4. The molecule has 2 aliphatic heterocycles. The number of alkyl halides is 3. The summed E-state index contributed by atoms with van der Waals surface area (Å²) in [5.41, 5.74) is -0.934. The Balaban J connectivity index is 1.16. The molecule has 6 rings (SSSR count). The number of piperidine rings is 1. The molecule has 3 aromatic rings. The van der Waals surface area contributed by atoms with E-state index in [9.17, 15) is 27.9 Å². The Kier molecular flexibility index (Phi) is 6.95. The highest BCUT2D eigenvalue weighted by Crippen LogP contribution is 2.61. The minimum Gasteiger partial charge on any atom is -0.388 e. The van der Waals surface area contributed by atoms with Gasteiger partial charge < -0.3 is 20.1 Å². The summed E-state index contributed by atoms with van der Waals surface area (Å²) in [6.07, 6.45) is -2.99. The van der Waals surface area contributed by atoms with E-state index in [1.54, 1.807) is 10.6 Å². The van der Waals surface area contributed by atoms with Crippen molar-refractivity contribution in [3.05, 3.63) is 57.7 Å². The molecular weight excluding hydrogens is 563 g/mol. The van der Waals surface area contributed by atoms with Gasteiger partial charge >= 0.3 is 6.18 Å². The molecule has 2 N–H and O–H groups in total. The highest BCUT2D eigenvalue weighted by atomic mass is 35.5. The summed E-state index contributed by atoms with van der Waals surface area (Å²) in [4.78, 5) is 32.1. The lowest BCUT2D eigenvalue weighted by Gasteiger charge is -2.39. The molecule has 13 heteroatoms. The fourth-order valence-electron chi connectivity index (χ4n) is 6.12. The molecule has 3 aliphatic rings. The fourth-order valence-corrected chi connectivity index (χ4v) is 6.41. The van der Waals surface area contributed by atoms with Crippen molar-refractivity contribution in [3.63, 3.8) is 0 Å². The predicted molar refractivity (Wildman–Crippen MR) is 145 cm³/mol. The maximum Gasteiger partial charge on any atom is 0.392 e. The van der Waals surface area contributed by atoms with Crippen LogP contribution in [0.25, 0.3) is 16.7 Å². The zero-order valence-electron chi connectivity index (χ0n) is 22.5. The number of hydrogen-bond acceptors (Lipinski definition) is 6. The summed E-state index contributed by atoms with van der Waals surface area (Å²) in [6.45, 7) is 3.57. The van der Waals surface area contributed by atoms with Crippen molar-refractivity contribution in [3.8, 4) is 5.69 Å². The van der Waals surface area contributed by atoms with Crippen molar-refractivity contribution in [1.82, 2.24) is 24.3 Å². The first-order valence-electron chi connectivity index (χ1n) is 13.7. The average molecular weight is 594 g/mol. The van der Waals surface area contributed by atoms with Crippen LogP contribution in [0.5, 0.6) is 0 Å². The second-order valence-corrected chi connectivity index (χ2v) is 12.0. The maximum atomic E-state index is 13.4. The maximum absolute atomic E-state index is 13.4. The number of benzene rings is 1. The lowest BCUT2D eigenvalue weighted by Crippen LogP contribution is -2.51. The molecule has 0 radical (unpaired) electrons. The van der Waals surface area contributed by atoms with Crippen LogP contribution < -0.4 is 10.9 Å². The molecule has 3 fully saturated rings. The van der Waals surface area contributed by atoms with Crippen LogP contribution in [-0.2, 0) is 16.1 Å². The molecule has 4 heterocycles. The van der Waals surface area contributed by atoms with Gasteiger partial charge in [-0.15, -0.1) is 0 Å². The molecule has 220 valence electrons. The summed E-state index contributed by atoms with van der Waals surface area (Å²) in [5.74, 6) is -2.16. The number of rotatable bonds is 5. The molecule has 1 aliphatic carbocycles. The van der Waals surface area contributed by atoms with E-state index < -0.39 is 29.0 Å². The number of fused-ring (bicyclic) bond motifs is 1. The molecular formula is C28H31ClF3N5O4. The standard InChI is InChI=1S/C28H31ClF3N5O4/c1-26(13-21(26)28(30,31)32)25(39)35-9-6-27(40,7-10-35)15-36-16-34-23-19(24(36)38)12-22(29)37(23)18-4-2-17(3-5-18)20-14-41-11-8-33-20/h2-5,12,16,20-21,33,40H,6-11,13-15H2,1H3/t20-,21?,26?/m0/s1. The Morgan fingerprint density at radius 1 is 1.24 bits per heavy atom. The highest BCUT2D eigenvalue weighted by Gasteiger charge is 2.68. The number of nitrogens with one attached hydrogen (secondary N) is 1. The predicted octanol–water partition coefficient (Wildman–Crippen LogP) is 3.44. The summed E-state index contributed by atoms with van der Waals surface area (Å²) in [6, 6.07) is 9.41. The van der Waals surface area contributed by atoms with Gasteiger partial charge in [-0.2, -0.15) is 13.2 Å². The van der Waals surface area contributed by atoms with Crippen LogP contribution in [-0.4, -0.2) is 74.7 Å². The van der Waals surface area contributed by atoms with E-state index in [4.69, 9.17) is 16.3 Å². The van der Waals surface area contributed by atoms with Crippen LogP contribution in [0.2, 0.25) is 5.15 Å². The van der Waals surface area contributed by atoms with Gasteiger partial charge in [0.2, 0.25) is 5.91 Å². The molecule has 3 atom stereocenters. The van der Waals surface area contributed by atoms with Crippen LogP contribution in [0.15, 0.2) is 41.5 Å². The van der Waals surface area contributed by atoms with Gasteiger partial charge in [-0.25, -0.2) is 4.98 Å². The number of amides is 1. The van der Waals surface area contributed by atoms with E-state index in [1.165, 1.54) is 22.7 Å². The fraction of sp³-hybridized carbons (Fsp3) is 0.536. The molecule has 1 saturated carbocycles. The van der Waals surface area contributed by atoms with E-state index in [0.29, 0.717) is 29.4 Å². The van der Waals surface area contributed by atoms with Gasteiger partial charge in [-0.05, 0) is 43.0 Å². The van der Waals surface area contributed by atoms with Crippen molar-refractivity contribution in [2.24, 2.45) is 11.3 Å². The molecule has 2 aromatic heterocycles. The molecule has 0 bridgehead atoms. The van der Waals surface area contributed by atoms with Gasteiger partial charge in [0.15, 0.2) is 5.65 Å². The van der Waals surface area contributed by atoms with Crippen molar-refractivity contribution in [2.45, 2.75) is 50.6 Å². The molecule has 0 spiro atoms. The number of morpholine rings is 1. The SMILES string of the molecule is CC1(C(=O)N2CCC(O)(Cn3cnc4c(cc(Cl)n4-c4ccc([C@@H]5COCCN5)cc4)c3=O)CC2)CC1C(F)(F)F. The van der Waals surface area contributed by atoms with E-state index in [-0.39, 0.29) is 50.5 Å². The smallest absolute Gasteiger partial charge is 0.388 e. The van der Waals surface area contributed by atoms with Gasteiger partial charge in [-0.3, -0.25) is 18.7 Å². The number of carbonyl (C=O) groups excluding carboxylic acids is 1. The number of aromatic nitrogens is 3. The topological polar surface area (TPSA) is 102 Å². The third-order valence-electron chi connectivity index (χ3n) is 8.78. The van der Waals surface area contributed by atoms with Gasteiger partial charge in [0.1, 0.15) is 11.5 Å². The largest absolute Gasteiger partial charge is 0.392 e. The number of hydrogen-bond donors (Lipinski definition) is 2. The van der Waals surface area contributed by atoms with Crippen molar-refractivity contribution < 1.29 is 27.8 Å². The average Bonchev–Trinajstić information content (AvgIpc) is 3.56. The van der Waals surface area contributed by atoms with Crippen molar-refractivity contribution >= 4 is 28.5 Å². The minimum atomic E-state index is -4.40. The van der Waals surface area contributed by atoms with Gasteiger partial charge in [0, 0.05) is 25.3 Å². The van der Waals surface area contributed by atoms with Crippen molar-refractivity contribution in [1.29, 1.82) is 0 Å². The van der Waals surface area contributed by atoms with Crippen molar-refractivity contribution in [2.75, 3.05) is 32.8 Å². The third-order valence-corrected chi connectivity index (χ3v) is 9.06. The number of carbonyl (C=O) groups is 1. The van der Waals surface area contributed by atoms with Crippen LogP contribution >= 0.6 is 11.6 Å². The Hall–Kier alpha value is -2.93. The van der Waals surface area contributed by atoms with Gasteiger partial charge in [0.05, 0.1) is 48.1 Å². The van der Waals surface area contributed by atoms with Crippen LogP contribution in [0, 0.1) is 11.3 Å². The minimum absolute atomic E-state index is 0.0623. The Morgan fingerprint density at radius 2 is 1.95 bits per heavy atom. The highest BCUT2D eigenvalue weighted by molar-refractivity contribution is 6.31.